The molecule has 0 spiro atoms. The Balaban J connectivity index is 4.22. The van der Waals surface area contributed by atoms with Gasteiger partial charge in [-0.3, -0.25) is 9.36 Å². The Hall–Kier alpha value is -1.28. The molecule has 0 heterocycles. The van der Waals surface area contributed by atoms with Crippen LogP contribution in [0.1, 0.15) is 251 Å². The van der Waals surface area contributed by atoms with Crippen molar-refractivity contribution >= 4 is 13.7 Å². The van der Waals surface area contributed by atoms with Crippen LogP contribution >= 0.6 is 7.82 Å². The van der Waals surface area contributed by atoms with Gasteiger partial charge in [-0.25, -0.2) is 0 Å². The normalized spacial score (nSPS) is 14.3. The number of nitrogens with zero attached hydrogens (tertiary/aromatic N) is 1. The molecule has 3 unspecified atom stereocenters. The third kappa shape index (κ3) is 48.5. The van der Waals surface area contributed by atoms with Crippen LogP contribution in [0.25, 0.3) is 0 Å². The first-order chi connectivity index (χ1) is 30.5. The van der Waals surface area contributed by atoms with Gasteiger partial charge in [0.25, 0.3) is 7.82 Å². The highest BCUT2D eigenvalue weighted by Crippen LogP contribution is 2.38. The molecule has 0 saturated heterocycles. The maximum absolute atomic E-state index is 12.9. The molecule has 3 atom stereocenters. The minimum atomic E-state index is -4.60. The van der Waals surface area contributed by atoms with Gasteiger partial charge >= 0.3 is 0 Å². The number of hydrogen-bond donors (Lipinski definition) is 2. The standard InChI is InChI=1S/C54H105N2O6P/c1-6-8-10-12-14-16-18-20-22-23-24-25-26-27-28-29-30-31-32-34-36-38-40-42-44-46-48-54(58)55-52(51-62-63(59,60)61-50-49-56(3,4)5)53(57)47-45-43-41-39-37-35-33-21-19-17-15-13-11-9-7-2/h27-28,37,39,45,47,52-53,57H,6-26,29-36,38,40-44,46,48-51H2,1-5H3,(H-,55,58,59,60)/b28-27-,39-37+,47-45+. The number of aliphatic hydroxyl groups excluding tert-OH is 1. The number of rotatable bonds is 49. The summed E-state index contributed by atoms with van der Waals surface area (Å²) < 4.78 is 23.3. The van der Waals surface area contributed by atoms with Gasteiger partial charge in [0.05, 0.1) is 39.9 Å². The fraction of sp³-hybridized carbons (Fsp3) is 0.870. The lowest BCUT2D eigenvalue weighted by molar-refractivity contribution is -0.870. The molecule has 2 N–H and O–H groups in total. The molecule has 0 saturated carbocycles. The molecule has 8 nitrogen and oxygen atoms in total. The van der Waals surface area contributed by atoms with Crippen LogP contribution in [-0.2, 0) is 18.4 Å². The van der Waals surface area contributed by atoms with Gasteiger partial charge < -0.3 is 28.8 Å². The predicted molar refractivity (Wildman–Crippen MR) is 270 cm³/mol. The average molecular weight is 909 g/mol. The summed E-state index contributed by atoms with van der Waals surface area (Å²) in [5.74, 6) is -0.207. The number of hydrogen-bond acceptors (Lipinski definition) is 6. The minimum absolute atomic E-state index is 0.00612. The first-order valence-corrected chi connectivity index (χ1v) is 28.3. The Kier molecular flexibility index (Phi) is 44.9. The molecule has 0 aliphatic carbocycles. The number of phosphoric acid groups is 1. The zero-order chi connectivity index (χ0) is 46.4. The summed E-state index contributed by atoms with van der Waals surface area (Å²) >= 11 is 0. The Morgan fingerprint density at radius 1 is 0.540 bits per heavy atom. The molecule has 63 heavy (non-hydrogen) atoms. The van der Waals surface area contributed by atoms with Crippen molar-refractivity contribution in [2.24, 2.45) is 0 Å². The van der Waals surface area contributed by atoms with Crippen molar-refractivity contribution in [2.45, 2.75) is 264 Å². The summed E-state index contributed by atoms with van der Waals surface area (Å²) in [4.78, 5) is 25.4. The fourth-order valence-corrected chi connectivity index (χ4v) is 8.53. The number of carbonyl (C=O) groups is 1. The van der Waals surface area contributed by atoms with Gasteiger partial charge in [-0.2, -0.15) is 0 Å². The molecule has 0 bridgehead atoms. The van der Waals surface area contributed by atoms with Crippen LogP contribution in [0.2, 0.25) is 0 Å². The maximum atomic E-state index is 12.9. The SMILES string of the molecule is CCCCCCCCCCC/C=C/CC/C=C/C(O)C(COP(=O)([O-])OCC[N+](C)(C)C)NC(=O)CCCCCCCCCCCC/C=C\CCCCCCCCCCCCCC. The first kappa shape index (κ1) is 61.7. The van der Waals surface area contributed by atoms with E-state index in [2.05, 4.69) is 43.5 Å². The molecule has 0 aliphatic rings. The van der Waals surface area contributed by atoms with Crippen molar-refractivity contribution in [2.75, 3.05) is 40.9 Å². The molecular weight excluding hydrogens is 804 g/mol. The van der Waals surface area contributed by atoms with Gasteiger partial charge in [-0.15, -0.1) is 0 Å². The summed E-state index contributed by atoms with van der Waals surface area (Å²) in [6.07, 6.45) is 57.9. The molecule has 0 aromatic rings. The van der Waals surface area contributed by atoms with Crippen LogP contribution in [0.3, 0.4) is 0 Å². The molecule has 1 amide bonds. The molecule has 372 valence electrons. The summed E-state index contributed by atoms with van der Waals surface area (Å²) in [7, 11) is 1.25. The van der Waals surface area contributed by atoms with E-state index in [0.717, 1.165) is 38.5 Å². The third-order valence-electron chi connectivity index (χ3n) is 12.1. The average Bonchev–Trinajstić information content (AvgIpc) is 3.24. The highest BCUT2D eigenvalue weighted by molar-refractivity contribution is 7.45. The predicted octanol–water partition coefficient (Wildman–Crippen LogP) is 15.2. The summed E-state index contributed by atoms with van der Waals surface area (Å²) in [6.45, 7) is 4.64. The lowest BCUT2D eigenvalue weighted by atomic mass is 10.0. The number of unbranched alkanes of at least 4 members (excludes halogenated alkanes) is 32. The van der Waals surface area contributed by atoms with Gasteiger partial charge in [0.15, 0.2) is 0 Å². The zero-order valence-corrected chi connectivity index (χ0v) is 43.2. The van der Waals surface area contributed by atoms with Gasteiger partial charge in [0.1, 0.15) is 13.2 Å². The Morgan fingerprint density at radius 3 is 1.29 bits per heavy atom. The first-order valence-electron chi connectivity index (χ1n) is 26.9. The van der Waals surface area contributed by atoms with Crippen LogP contribution in [-0.4, -0.2) is 68.5 Å². The van der Waals surface area contributed by atoms with Crippen LogP contribution < -0.4 is 10.2 Å². The maximum Gasteiger partial charge on any atom is 0.268 e. The van der Waals surface area contributed by atoms with E-state index in [1.807, 2.05) is 27.2 Å². The van der Waals surface area contributed by atoms with E-state index in [9.17, 15) is 19.4 Å². The minimum Gasteiger partial charge on any atom is -0.756 e. The van der Waals surface area contributed by atoms with Crippen molar-refractivity contribution in [1.82, 2.24) is 5.32 Å². The number of quaternary nitrogens is 1. The van der Waals surface area contributed by atoms with E-state index < -0.39 is 26.6 Å². The largest absolute Gasteiger partial charge is 0.756 e. The molecule has 0 rings (SSSR count). The van der Waals surface area contributed by atoms with Crippen LogP contribution in [0.15, 0.2) is 36.5 Å². The fourth-order valence-electron chi connectivity index (χ4n) is 7.81. The van der Waals surface area contributed by atoms with Crippen LogP contribution in [0.5, 0.6) is 0 Å². The molecule has 0 radical (unpaired) electrons. The molecule has 0 aromatic carbocycles. The lowest BCUT2D eigenvalue weighted by Gasteiger charge is -2.29. The number of allylic oxidation sites excluding steroid dienone is 5. The van der Waals surface area contributed by atoms with Crippen molar-refractivity contribution in [1.29, 1.82) is 0 Å². The lowest BCUT2D eigenvalue weighted by Crippen LogP contribution is -2.45. The van der Waals surface area contributed by atoms with Gasteiger partial charge in [0.2, 0.25) is 5.91 Å². The van der Waals surface area contributed by atoms with E-state index in [0.29, 0.717) is 17.4 Å². The number of carbonyl (C=O) groups excluding carboxylic acids is 1. The van der Waals surface area contributed by atoms with Crippen molar-refractivity contribution in [3.63, 3.8) is 0 Å². The summed E-state index contributed by atoms with van der Waals surface area (Å²) in [5, 5.41) is 13.8. The number of phosphoric ester groups is 1. The quantitative estimate of drug-likeness (QED) is 0.0272. The van der Waals surface area contributed by atoms with E-state index >= 15 is 0 Å². The Bertz CT molecular complexity index is 1120. The number of amides is 1. The number of likely N-dealkylation sites (N-methyl/N-ethyl adjacent to an activating group) is 1. The number of aliphatic hydroxyl groups is 1. The molecule has 0 aromatic heterocycles. The van der Waals surface area contributed by atoms with Gasteiger partial charge in [-0.05, 0) is 57.8 Å². The number of nitrogens with one attached hydrogen (secondary N) is 1. The molecular formula is C54H105N2O6P. The zero-order valence-electron chi connectivity index (χ0n) is 42.3. The van der Waals surface area contributed by atoms with Crippen LogP contribution in [0, 0.1) is 0 Å². The van der Waals surface area contributed by atoms with Crippen molar-refractivity contribution < 1.29 is 32.9 Å². The Labute approximate surface area is 391 Å². The van der Waals surface area contributed by atoms with E-state index in [-0.39, 0.29) is 12.5 Å². The topological polar surface area (TPSA) is 108 Å². The molecule has 0 fully saturated rings. The summed E-state index contributed by atoms with van der Waals surface area (Å²) in [6, 6.07) is -0.903. The molecule has 0 aliphatic heterocycles. The monoisotopic (exact) mass is 909 g/mol. The highest BCUT2D eigenvalue weighted by Gasteiger charge is 2.23. The second kappa shape index (κ2) is 45.9. The smallest absolute Gasteiger partial charge is 0.268 e. The second-order valence-corrected chi connectivity index (χ2v) is 21.0. The van der Waals surface area contributed by atoms with E-state index in [1.54, 1.807) is 6.08 Å². The van der Waals surface area contributed by atoms with Gasteiger partial charge in [-0.1, -0.05) is 224 Å². The second-order valence-electron chi connectivity index (χ2n) is 19.6. The molecule has 9 heteroatoms. The third-order valence-corrected chi connectivity index (χ3v) is 13.0. The highest BCUT2D eigenvalue weighted by atomic mass is 31.2. The summed E-state index contributed by atoms with van der Waals surface area (Å²) in [5.41, 5.74) is 0. The van der Waals surface area contributed by atoms with Crippen molar-refractivity contribution in [3.8, 4) is 0 Å². The van der Waals surface area contributed by atoms with E-state index in [1.165, 1.54) is 193 Å². The van der Waals surface area contributed by atoms with Crippen molar-refractivity contribution in [3.05, 3.63) is 36.5 Å². The van der Waals surface area contributed by atoms with E-state index in [4.69, 9.17) is 9.05 Å². The van der Waals surface area contributed by atoms with Gasteiger partial charge in [0, 0.05) is 6.42 Å². The Morgan fingerprint density at radius 2 is 0.889 bits per heavy atom. The van der Waals surface area contributed by atoms with Crippen LogP contribution in [0.4, 0.5) is 0 Å².